The molecular formula is C54H53IrN4-. The first kappa shape index (κ1) is 40.7. The Morgan fingerprint density at radius 1 is 0.458 bits per heavy atom. The summed E-state index contributed by atoms with van der Waals surface area (Å²) in [7, 11) is 0. The second kappa shape index (κ2) is 14.6. The molecule has 9 rings (SSSR count). The molecule has 59 heavy (non-hydrogen) atoms. The standard InChI is InChI=1S/C54H53N4.Ir/c1-33-25-34(2)27-40(26-33)42-14-12-11-13-41(42)35-15-17-36(18-16-35)47-24-21-39(30-55-47)50-57-48(37-19-22-43-45(28-37)53(7,8)31-51(43,3)4)56-49(58-50)38-20-23-44-46(29-38)54(9,10)32-52(44,5)6;/h11-17,19-30H,31-32H2,1-10H3;/q-1;. The Labute approximate surface area is 364 Å². The van der Waals surface area contributed by atoms with E-state index in [0.29, 0.717) is 17.5 Å². The quantitative estimate of drug-likeness (QED) is 0.156. The van der Waals surface area contributed by atoms with Crippen molar-refractivity contribution in [2.75, 3.05) is 0 Å². The summed E-state index contributed by atoms with van der Waals surface area (Å²) < 4.78 is 0. The van der Waals surface area contributed by atoms with Crippen molar-refractivity contribution in [3.63, 3.8) is 0 Å². The van der Waals surface area contributed by atoms with Crippen molar-refractivity contribution in [3.8, 4) is 67.7 Å². The van der Waals surface area contributed by atoms with Crippen molar-refractivity contribution >= 4 is 0 Å². The van der Waals surface area contributed by atoms with Crippen LogP contribution in [0.15, 0.2) is 115 Å². The predicted octanol–water partition coefficient (Wildman–Crippen LogP) is 13.6. The fourth-order valence-corrected chi connectivity index (χ4v) is 10.6. The Kier molecular flexibility index (Phi) is 10.0. The van der Waals surface area contributed by atoms with E-state index in [-0.39, 0.29) is 41.8 Å². The summed E-state index contributed by atoms with van der Waals surface area (Å²) >= 11 is 0. The molecule has 2 aromatic heterocycles. The van der Waals surface area contributed by atoms with E-state index < -0.39 is 0 Å². The molecule has 0 amide bonds. The SMILES string of the molecule is Cc1cc(C)cc(-c2ccccc2-c2c[c-]c(-c3ccc(-c4nc(-c5ccc6c(c5)C(C)(C)CC6(C)C)nc(-c5ccc6c(c5)C(C)(C)CC6(C)C)n4)cn3)cc2)c1.[Ir]. The molecule has 0 saturated heterocycles. The van der Waals surface area contributed by atoms with Crippen molar-refractivity contribution < 1.29 is 20.1 Å². The van der Waals surface area contributed by atoms with Gasteiger partial charge in [-0.25, -0.2) is 15.0 Å². The van der Waals surface area contributed by atoms with Crippen molar-refractivity contribution in [2.24, 2.45) is 0 Å². The Balaban J connectivity index is 0.00000484. The monoisotopic (exact) mass is 950 g/mol. The Morgan fingerprint density at radius 3 is 1.39 bits per heavy atom. The number of fused-ring (bicyclic) bond motifs is 2. The molecule has 0 bridgehead atoms. The number of aromatic nitrogens is 4. The Morgan fingerprint density at radius 2 is 0.915 bits per heavy atom. The van der Waals surface area contributed by atoms with Crippen LogP contribution in [0.1, 0.15) is 102 Å². The smallest absolute Gasteiger partial charge is 0.165 e. The van der Waals surface area contributed by atoms with E-state index >= 15 is 0 Å². The van der Waals surface area contributed by atoms with Crippen LogP contribution in [0.3, 0.4) is 0 Å². The molecule has 0 aliphatic heterocycles. The van der Waals surface area contributed by atoms with Crippen molar-refractivity contribution in [1.29, 1.82) is 0 Å². The molecule has 0 N–H and O–H groups in total. The van der Waals surface area contributed by atoms with Gasteiger partial charge in [0.05, 0.1) is 0 Å². The first-order chi connectivity index (χ1) is 27.5. The molecular weight excluding hydrogens is 897 g/mol. The van der Waals surface area contributed by atoms with Gasteiger partial charge in [0.2, 0.25) is 0 Å². The van der Waals surface area contributed by atoms with Crippen molar-refractivity contribution in [3.05, 3.63) is 155 Å². The summed E-state index contributed by atoms with van der Waals surface area (Å²) in [6, 6.07) is 43.0. The summed E-state index contributed by atoms with van der Waals surface area (Å²) in [5.41, 5.74) is 17.9. The molecule has 2 heterocycles. The molecule has 4 nitrogen and oxygen atoms in total. The Hall–Kier alpha value is -5.09. The third-order valence-electron chi connectivity index (χ3n) is 12.8. The molecule has 0 unspecified atom stereocenters. The van der Waals surface area contributed by atoms with Gasteiger partial charge in [-0.05, 0) is 99.6 Å². The van der Waals surface area contributed by atoms with Crippen LogP contribution in [0, 0.1) is 19.9 Å². The van der Waals surface area contributed by atoms with Crippen LogP contribution in [-0.2, 0) is 41.8 Å². The normalized spacial score (nSPS) is 16.6. The number of aryl methyl sites for hydroxylation is 2. The largest absolute Gasteiger partial charge is 0.304 e. The van der Waals surface area contributed by atoms with E-state index in [1.165, 1.54) is 50.1 Å². The van der Waals surface area contributed by atoms with E-state index in [1.807, 2.05) is 12.3 Å². The molecule has 0 atom stereocenters. The maximum atomic E-state index is 5.20. The molecule has 7 aromatic rings. The molecule has 2 aliphatic rings. The van der Waals surface area contributed by atoms with Gasteiger partial charge in [0.1, 0.15) is 0 Å². The van der Waals surface area contributed by atoms with Gasteiger partial charge in [-0.1, -0.05) is 157 Å². The van der Waals surface area contributed by atoms with Crippen LogP contribution in [0.25, 0.3) is 67.7 Å². The number of nitrogens with zero attached hydrogens (tertiary/aromatic N) is 4. The second-order valence-electron chi connectivity index (χ2n) is 19.6. The summed E-state index contributed by atoms with van der Waals surface area (Å²) in [4.78, 5) is 20.5. The first-order valence-electron chi connectivity index (χ1n) is 20.7. The number of rotatable bonds is 6. The molecule has 5 aromatic carbocycles. The van der Waals surface area contributed by atoms with Gasteiger partial charge in [-0.15, -0.1) is 29.8 Å². The van der Waals surface area contributed by atoms with Crippen molar-refractivity contribution in [2.45, 2.75) is 104 Å². The third kappa shape index (κ3) is 7.42. The topological polar surface area (TPSA) is 51.6 Å². The minimum Gasteiger partial charge on any atom is -0.304 e. The van der Waals surface area contributed by atoms with Gasteiger partial charge < -0.3 is 4.98 Å². The first-order valence-corrected chi connectivity index (χ1v) is 20.7. The van der Waals surface area contributed by atoms with E-state index in [9.17, 15) is 0 Å². The van der Waals surface area contributed by atoms with E-state index in [0.717, 1.165) is 46.4 Å². The van der Waals surface area contributed by atoms with Crippen LogP contribution in [0.2, 0.25) is 0 Å². The summed E-state index contributed by atoms with van der Waals surface area (Å²) in [5.74, 6) is 1.97. The van der Waals surface area contributed by atoms with Crippen LogP contribution >= 0.6 is 0 Å². The van der Waals surface area contributed by atoms with Crippen LogP contribution in [0.4, 0.5) is 0 Å². The Bertz CT molecular complexity index is 2620. The summed E-state index contributed by atoms with van der Waals surface area (Å²) in [6.45, 7) is 23.1. The fourth-order valence-electron chi connectivity index (χ4n) is 10.6. The minimum atomic E-state index is 0. The average molecular weight is 950 g/mol. The van der Waals surface area contributed by atoms with Crippen molar-refractivity contribution in [1.82, 2.24) is 19.9 Å². The molecule has 299 valence electrons. The number of benzene rings is 5. The van der Waals surface area contributed by atoms with Gasteiger partial charge >= 0.3 is 0 Å². The van der Waals surface area contributed by atoms with Crippen LogP contribution in [-0.4, -0.2) is 19.9 Å². The molecule has 1 radical (unpaired) electrons. The zero-order valence-electron chi connectivity index (χ0n) is 36.0. The molecule has 0 saturated carbocycles. The zero-order chi connectivity index (χ0) is 40.8. The van der Waals surface area contributed by atoms with E-state index in [2.05, 4.69) is 178 Å². The molecule has 0 spiro atoms. The van der Waals surface area contributed by atoms with Gasteiger partial charge in [0.15, 0.2) is 17.5 Å². The van der Waals surface area contributed by atoms with E-state index in [1.54, 1.807) is 0 Å². The van der Waals surface area contributed by atoms with Gasteiger partial charge in [-0.2, -0.15) is 0 Å². The molecule has 2 aliphatic carbocycles. The molecule has 0 fully saturated rings. The number of hydrogen-bond acceptors (Lipinski definition) is 4. The maximum absolute atomic E-state index is 5.20. The predicted molar refractivity (Wildman–Crippen MR) is 240 cm³/mol. The van der Waals surface area contributed by atoms with E-state index in [4.69, 9.17) is 19.9 Å². The van der Waals surface area contributed by atoms with Gasteiger partial charge in [0, 0.05) is 43.0 Å². The summed E-state index contributed by atoms with van der Waals surface area (Å²) in [6.07, 6.45) is 4.09. The summed E-state index contributed by atoms with van der Waals surface area (Å²) in [5, 5.41) is 0. The van der Waals surface area contributed by atoms with Crippen LogP contribution < -0.4 is 0 Å². The zero-order valence-corrected chi connectivity index (χ0v) is 38.4. The van der Waals surface area contributed by atoms with Gasteiger partial charge in [0.25, 0.3) is 0 Å². The fraction of sp³-hybridized carbons (Fsp3) is 0.296. The second-order valence-corrected chi connectivity index (χ2v) is 19.6. The third-order valence-corrected chi connectivity index (χ3v) is 12.8. The minimum absolute atomic E-state index is 0. The number of hydrogen-bond donors (Lipinski definition) is 0. The van der Waals surface area contributed by atoms with Gasteiger partial charge in [-0.3, -0.25) is 0 Å². The average Bonchev–Trinajstić information content (AvgIpc) is 3.51. The number of pyridine rings is 1. The molecule has 5 heteroatoms. The van der Waals surface area contributed by atoms with Crippen LogP contribution in [0.5, 0.6) is 0 Å². The maximum Gasteiger partial charge on any atom is 0.165 e.